The molecular weight excluding hydrogens is 304 g/mol. The minimum Gasteiger partial charge on any atom is -0.480 e. The molecule has 2 N–H and O–H groups in total. The molecule has 0 aromatic heterocycles. The van der Waals surface area contributed by atoms with E-state index in [-0.39, 0.29) is 25.0 Å². The van der Waals surface area contributed by atoms with E-state index in [2.05, 4.69) is 5.32 Å². The number of carboxylic acids is 1. The molecule has 0 radical (unpaired) electrons. The van der Waals surface area contributed by atoms with Crippen LogP contribution in [0.2, 0.25) is 0 Å². The van der Waals surface area contributed by atoms with Crippen LogP contribution in [0.4, 0.5) is 5.69 Å². The quantitative estimate of drug-likeness (QED) is 0.820. The fraction of sp³-hybridized carbons (Fsp3) is 0.263. The SMILES string of the molecule is CC(C)N(CC(=O)O)CC(=O)Nc1ccc(-c2ccccc2)cc1. The van der Waals surface area contributed by atoms with Crippen molar-refractivity contribution in [2.45, 2.75) is 19.9 Å². The highest BCUT2D eigenvalue weighted by Crippen LogP contribution is 2.20. The van der Waals surface area contributed by atoms with E-state index in [1.807, 2.05) is 68.4 Å². The van der Waals surface area contributed by atoms with Crippen molar-refractivity contribution in [2.24, 2.45) is 0 Å². The van der Waals surface area contributed by atoms with Gasteiger partial charge >= 0.3 is 5.97 Å². The van der Waals surface area contributed by atoms with Gasteiger partial charge in [-0.15, -0.1) is 0 Å². The van der Waals surface area contributed by atoms with E-state index in [9.17, 15) is 9.59 Å². The van der Waals surface area contributed by atoms with E-state index in [1.54, 1.807) is 4.90 Å². The summed E-state index contributed by atoms with van der Waals surface area (Å²) in [4.78, 5) is 24.6. The molecular formula is C19H22N2O3. The van der Waals surface area contributed by atoms with Crippen LogP contribution >= 0.6 is 0 Å². The van der Waals surface area contributed by atoms with E-state index in [0.29, 0.717) is 5.69 Å². The molecule has 2 aromatic rings. The molecule has 2 rings (SSSR count). The number of benzene rings is 2. The summed E-state index contributed by atoms with van der Waals surface area (Å²) in [6.45, 7) is 3.62. The number of carbonyl (C=O) groups excluding carboxylic acids is 1. The Kier molecular flexibility index (Phi) is 6.09. The van der Waals surface area contributed by atoms with Gasteiger partial charge in [0.05, 0.1) is 13.1 Å². The van der Waals surface area contributed by atoms with Crippen LogP contribution in [-0.4, -0.2) is 41.0 Å². The van der Waals surface area contributed by atoms with Gasteiger partial charge in [0.15, 0.2) is 0 Å². The van der Waals surface area contributed by atoms with Gasteiger partial charge in [-0.25, -0.2) is 0 Å². The van der Waals surface area contributed by atoms with Crippen LogP contribution in [0, 0.1) is 0 Å². The Labute approximate surface area is 141 Å². The molecule has 0 atom stereocenters. The normalized spacial score (nSPS) is 10.8. The highest BCUT2D eigenvalue weighted by atomic mass is 16.4. The summed E-state index contributed by atoms with van der Waals surface area (Å²) in [6, 6.07) is 17.5. The fourth-order valence-corrected chi connectivity index (χ4v) is 2.36. The molecule has 0 aliphatic rings. The van der Waals surface area contributed by atoms with Crippen molar-refractivity contribution in [3.63, 3.8) is 0 Å². The molecule has 5 heteroatoms. The summed E-state index contributed by atoms with van der Waals surface area (Å²) in [7, 11) is 0. The molecule has 0 heterocycles. The van der Waals surface area contributed by atoms with Gasteiger partial charge in [-0.3, -0.25) is 14.5 Å². The largest absolute Gasteiger partial charge is 0.480 e. The van der Waals surface area contributed by atoms with E-state index in [4.69, 9.17) is 5.11 Å². The first-order chi connectivity index (χ1) is 11.5. The van der Waals surface area contributed by atoms with Crippen molar-refractivity contribution >= 4 is 17.6 Å². The number of hydrogen-bond acceptors (Lipinski definition) is 3. The van der Waals surface area contributed by atoms with Gasteiger partial charge in [0.25, 0.3) is 0 Å². The summed E-state index contributed by atoms with van der Waals surface area (Å²) in [5, 5.41) is 11.7. The van der Waals surface area contributed by atoms with Crippen LogP contribution in [0.25, 0.3) is 11.1 Å². The van der Waals surface area contributed by atoms with E-state index in [0.717, 1.165) is 11.1 Å². The molecule has 0 saturated heterocycles. The lowest BCUT2D eigenvalue weighted by Gasteiger charge is -2.23. The Morgan fingerprint density at radius 3 is 2.08 bits per heavy atom. The van der Waals surface area contributed by atoms with Gasteiger partial charge in [-0.05, 0) is 37.1 Å². The number of rotatable bonds is 7. The first kappa shape index (κ1) is 17.7. The smallest absolute Gasteiger partial charge is 0.317 e. The third-order valence-corrected chi connectivity index (χ3v) is 3.69. The lowest BCUT2D eigenvalue weighted by molar-refractivity contribution is -0.139. The van der Waals surface area contributed by atoms with Crippen molar-refractivity contribution in [3.8, 4) is 11.1 Å². The van der Waals surface area contributed by atoms with Gasteiger partial charge < -0.3 is 10.4 Å². The number of nitrogens with zero attached hydrogens (tertiary/aromatic N) is 1. The minimum absolute atomic E-state index is 0.0210. The molecule has 0 aliphatic heterocycles. The first-order valence-corrected chi connectivity index (χ1v) is 7.87. The highest BCUT2D eigenvalue weighted by Gasteiger charge is 2.17. The lowest BCUT2D eigenvalue weighted by atomic mass is 10.1. The third-order valence-electron chi connectivity index (χ3n) is 3.69. The molecule has 0 aliphatic carbocycles. The number of amides is 1. The summed E-state index contributed by atoms with van der Waals surface area (Å²) in [5.74, 6) is -1.17. The maximum absolute atomic E-state index is 12.1. The number of aliphatic carboxylic acids is 1. The van der Waals surface area contributed by atoms with Crippen LogP contribution < -0.4 is 5.32 Å². The summed E-state index contributed by atoms with van der Waals surface area (Å²) in [6.07, 6.45) is 0. The minimum atomic E-state index is -0.941. The molecule has 1 amide bonds. The van der Waals surface area contributed by atoms with Crippen LogP contribution in [-0.2, 0) is 9.59 Å². The van der Waals surface area contributed by atoms with Crippen molar-refractivity contribution < 1.29 is 14.7 Å². The van der Waals surface area contributed by atoms with Crippen LogP contribution in [0.15, 0.2) is 54.6 Å². The second-order valence-corrected chi connectivity index (χ2v) is 5.88. The van der Waals surface area contributed by atoms with E-state index < -0.39 is 5.97 Å². The van der Waals surface area contributed by atoms with Gasteiger partial charge in [0, 0.05) is 11.7 Å². The molecule has 0 unspecified atom stereocenters. The summed E-state index contributed by atoms with van der Waals surface area (Å²) < 4.78 is 0. The predicted octanol–water partition coefficient (Wildman–Crippen LogP) is 3.09. The number of nitrogens with one attached hydrogen (secondary N) is 1. The lowest BCUT2D eigenvalue weighted by Crippen LogP contribution is -2.41. The van der Waals surface area contributed by atoms with Crippen LogP contribution in [0.5, 0.6) is 0 Å². The molecule has 5 nitrogen and oxygen atoms in total. The maximum atomic E-state index is 12.1. The Bertz CT molecular complexity index is 682. The number of anilines is 1. The average molecular weight is 326 g/mol. The van der Waals surface area contributed by atoms with Gasteiger partial charge in [0.2, 0.25) is 5.91 Å². The Hall–Kier alpha value is -2.66. The molecule has 0 bridgehead atoms. The number of hydrogen-bond donors (Lipinski definition) is 2. The monoisotopic (exact) mass is 326 g/mol. The zero-order valence-electron chi connectivity index (χ0n) is 13.9. The third kappa shape index (κ3) is 5.21. The van der Waals surface area contributed by atoms with Crippen molar-refractivity contribution in [1.82, 2.24) is 4.90 Å². The highest BCUT2D eigenvalue weighted by molar-refractivity contribution is 5.92. The molecule has 126 valence electrons. The zero-order valence-corrected chi connectivity index (χ0v) is 13.9. The second kappa shape index (κ2) is 8.26. The number of carboxylic acid groups (broad SMARTS) is 1. The van der Waals surface area contributed by atoms with Crippen molar-refractivity contribution in [3.05, 3.63) is 54.6 Å². The molecule has 0 spiro atoms. The Morgan fingerprint density at radius 2 is 1.54 bits per heavy atom. The Morgan fingerprint density at radius 1 is 0.958 bits per heavy atom. The van der Waals surface area contributed by atoms with Gasteiger partial charge in [-0.2, -0.15) is 0 Å². The van der Waals surface area contributed by atoms with Crippen LogP contribution in [0.1, 0.15) is 13.8 Å². The average Bonchev–Trinajstić information content (AvgIpc) is 2.55. The van der Waals surface area contributed by atoms with Crippen LogP contribution in [0.3, 0.4) is 0 Å². The van der Waals surface area contributed by atoms with Gasteiger partial charge in [0.1, 0.15) is 0 Å². The number of carbonyl (C=O) groups is 2. The van der Waals surface area contributed by atoms with E-state index in [1.165, 1.54) is 0 Å². The maximum Gasteiger partial charge on any atom is 0.317 e. The second-order valence-electron chi connectivity index (χ2n) is 5.88. The summed E-state index contributed by atoms with van der Waals surface area (Å²) in [5.41, 5.74) is 2.88. The first-order valence-electron chi connectivity index (χ1n) is 7.87. The molecule has 24 heavy (non-hydrogen) atoms. The topological polar surface area (TPSA) is 69.6 Å². The van der Waals surface area contributed by atoms with Crippen molar-refractivity contribution in [1.29, 1.82) is 0 Å². The standard InChI is InChI=1S/C19H22N2O3/c1-14(2)21(13-19(23)24)12-18(22)20-17-10-8-16(9-11-17)15-6-4-3-5-7-15/h3-11,14H,12-13H2,1-2H3,(H,20,22)(H,23,24). The molecule has 0 fully saturated rings. The summed E-state index contributed by atoms with van der Waals surface area (Å²) >= 11 is 0. The molecule has 2 aromatic carbocycles. The van der Waals surface area contributed by atoms with E-state index >= 15 is 0 Å². The van der Waals surface area contributed by atoms with Crippen molar-refractivity contribution in [2.75, 3.05) is 18.4 Å². The predicted molar refractivity (Wildman–Crippen MR) is 94.9 cm³/mol. The van der Waals surface area contributed by atoms with Gasteiger partial charge in [-0.1, -0.05) is 42.5 Å². The Balaban J connectivity index is 1.98. The fourth-order valence-electron chi connectivity index (χ4n) is 2.36. The zero-order chi connectivity index (χ0) is 17.5. The molecule has 0 saturated carbocycles.